The maximum Gasteiger partial charge on any atom is 0.277 e. The Morgan fingerprint density at radius 2 is 1.47 bits per heavy atom. The second kappa shape index (κ2) is 13.0. The Bertz CT molecular complexity index is 866. The van der Waals surface area contributed by atoms with Crippen LogP contribution in [0.2, 0.25) is 0 Å². The molecule has 0 spiro atoms. The molecule has 0 aliphatic carbocycles. The van der Waals surface area contributed by atoms with E-state index in [2.05, 4.69) is 45.7 Å². The minimum Gasteiger partial charge on any atom is -0.294 e. The van der Waals surface area contributed by atoms with Gasteiger partial charge in [-0.05, 0) is 67.6 Å². The van der Waals surface area contributed by atoms with Gasteiger partial charge in [-0.2, -0.15) is 0 Å². The number of carbonyl (C=O) groups excluding carboxylic acids is 2. The highest BCUT2D eigenvalue weighted by atomic mass is 79.9. The zero-order valence-electron chi connectivity index (χ0n) is 18.6. The molecule has 0 atom stereocenters. The predicted octanol–water partition coefficient (Wildman–Crippen LogP) is 7.16. The highest BCUT2D eigenvalue weighted by Crippen LogP contribution is 2.19. The molecular weight excluding hydrogens is 510 g/mol. The summed E-state index contributed by atoms with van der Waals surface area (Å²) in [5.41, 5.74) is 3.61. The summed E-state index contributed by atoms with van der Waals surface area (Å²) in [6.45, 7) is 8.32. The number of Topliss-reactive ketones (excluding diaryl/α,β-unsaturated/α-hetero) is 1. The van der Waals surface area contributed by atoms with Crippen molar-refractivity contribution in [2.24, 2.45) is 5.92 Å². The summed E-state index contributed by atoms with van der Waals surface area (Å²) in [5.74, 6) is 0.791. The molecule has 0 aromatic heterocycles. The lowest BCUT2D eigenvalue weighted by atomic mass is 10.0. The minimum atomic E-state index is -0.150. The maximum atomic E-state index is 11.9. The molecule has 2 aromatic rings. The van der Waals surface area contributed by atoms with Crippen LogP contribution >= 0.6 is 31.9 Å². The van der Waals surface area contributed by atoms with Crippen LogP contribution in [0.4, 0.5) is 0 Å². The van der Waals surface area contributed by atoms with E-state index in [1.807, 2.05) is 44.2 Å². The second-order valence-electron chi connectivity index (χ2n) is 7.62. The molecule has 2 aromatic carbocycles. The van der Waals surface area contributed by atoms with Gasteiger partial charge < -0.3 is 0 Å². The molecule has 1 amide bonds. The SMILES string of the molecule is CON(C)C(=O)c1ccc(Br)c(C)c1.Cc1cc(C(=O)CCCC(C)C)ccc1Br. The summed E-state index contributed by atoms with van der Waals surface area (Å²) in [6.07, 6.45) is 2.78. The van der Waals surface area contributed by atoms with Crippen LogP contribution in [-0.4, -0.2) is 30.9 Å². The Balaban J connectivity index is 0.000000303. The minimum absolute atomic E-state index is 0.150. The third-order valence-electron chi connectivity index (χ3n) is 4.63. The molecule has 0 saturated heterocycles. The Labute approximate surface area is 197 Å². The number of hydroxylamine groups is 2. The fraction of sp³-hybridized carbons (Fsp3) is 0.417. The molecular formula is C24H31Br2NO3. The molecule has 4 nitrogen and oxygen atoms in total. The zero-order valence-corrected chi connectivity index (χ0v) is 21.8. The van der Waals surface area contributed by atoms with Gasteiger partial charge in [-0.15, -0.1) is 0 Å². The summed E-state index contributed by atoms with van der Waals surface area (Å²) in [4.78, 5) is 28.3. The van der Waals surface area contributed by atoms with Crippen LogP contribution in [0.15, 0.2) is 45.3 Å². The molecule has 0 saturated carbocycles. The van der Waals surface area contributed by atoms with Gasteiger partial charge in [0.2, 0.25) is 0 Å². The Morgan fingerprint density at radius 1 is 0.967 bits per heavy atom. The predicted molar refractivity (Wildman–Crippen MR) is 130 cm³/mol. The lowest BCUT2D eigenvalue weighted by Gasteiger charge is -2.13. The number of carbonyl (C=O) groups is 2. The molecule has 0 fully saturated rings. The van der Waals surface area contributed by atoms with Crippen LogP contribution < -0.4 is 0 Å². The van der Waals surface area contributed by atoms with E-state index < -0.39 is 0 Å². The van der Waals surface area contributed by atoms with Crippen molar-refractivity contribution in [3.05, 3.63) is 67.6 Å². The van der Waals surface area contributed by atoms with Crippen LogP contribution in [0.1, 0.15) is 65.0 Å². The third kappa shape index (κ3) is 8.70. The number of rotatable bonds is 7. The van der Waals surface area contributed by atoms with Crippen molar-refractivity contribution in [3.63, 3.8) is 0 Å². The smallest absolute Gasteiger partial charge is 0.277 e. The molecule has 0 bridgehead atoms. The van der Waals surface area contributed by atoms with Gasteiger partial charge in [-0.25, -0.2) is 5.06 Å². The van der Waals surface area contributed by atoms with Crippen LogP contribution in [0.3, 0.4) is 0 Å². The molecule has 0 radical (unpaired) electrons. The molecule has 0 heterocycles. The number of nitrogens with zero attached hydrogens (tertiary/aromatic N) is 1. The normalized spacial score (nSPS) is 10.4. The number of halogens is 2. The van der Waals surface area contributed by atoms with E-state index in [9.17, 15) is 9.59 Å². The number of hydrogen-bond acceptors (Lipinski definition) is 3. The quantitative estimate of drug-likeness (QED) is 0.276. The van der Waals surface area contributed by atoms with E-state index in [0.717, 1.165) is 38.5 Å². The van der Waals surface area contributed by atoms with Crippen molar-refractivity contribution in [1.82, 2.24) is 5.06 Å². The van der Waals surface area contributed by atoms with Gasteiger partial charge in [0.05, 0.1) is 7.11 Å². The van der Waals surface area contributed by atoms with Crippen molar-refractivity contribution in [2.75, 3.05) is 14.2 Å². The lowest BCUT2D eigenvalue weighted by Crippen LogP contribution is -2.25. The number of aryl methyl sites for hydroxylation is 2. The van der Waals surface area contributed by atoms with Gasteiger partial charge >= 0.3 is 0 Å². The maximum absolute atomic E-state index is 11.9. The first kappa shape index (κ1) is 26.5. The molecule has 0 aliphatic rings. The van der Waals surface area contributed by atoms with Crippen molar-refractivity contribution in [2.45, 2.75) is 47.0 Å². The summed E-state index contributed by atoms with van der Waals surface area (Å²) >= 11 is 6.82. The Hall–Kier alpha value is -1.50. The first-order valence-corrected chi connectivity index (χ1v) is 11.5. The van der Waals surface area contributed by atoms with Crippen molar-refractivity contribution >= 4 is 43.6 Å². The lowest BCUT2D eigenvalue weighted by molar-refractivity contribution is -0.0757. The van der Waals surface area contributed by atoms with E-state index in [4.69, 9.17) is 4.84 Å². The van der Waals surface area contributed by atoms with Gasteiger partial charge in [0.15, 0.2) is 5.78 Å². The third-order valence-corrected chi connectivity index (χ3v) is 6.41. The summed E-state index contributed by atoms with van der Waals surface area (Å²) in [5, 5.41) is 1.20. The average molecular weight is 541 g/mol. The fourth-order valence-electron chi connectivity index (χ4n) is 2.68. The van der Waals surface area contributed by atoms with E-state index in [0.29, 0.717) is 17.9 Å². The van der Waals surface area contributed by atoms with Crippen molar-refractivity contribution in [3.8, 4) is 0 Å². The monoisotopic (exact) mass is 539 g/mol. The summed E-state index contributed by atoms with van der Waals surface area (Å²) in [6, 6.07) is 11.2. The number of hydrogen-bond donors (Lipinski definition) is 0. The highest BCUT2D eigenvalue weighted by Gasteiger charge is 2.11. The largest absolute Gasteiger partial charge is 0.294 e. The molecule has 0 aliphatic heterocycles. The topological polar surface area (TPSA) is 46.6 Å². The van der Waals surface area contributed by atoms with Gasteiger partial charge in [0.25, 0.3) is 5.91 Å². The van der Waals surface area contributed by atoms with Crippen molar-refractivity contribution in [1.29, 1.82) is 0 Å². The van der Waals surface area contributed by atoms with Crippen LogP contribution in [0.25, 0.3) is 0 Å². The number of ketones is 1. The molecule has 30 heavy (non-hydrogen) atoms. The van der Waals surface area contributed by atoms with Gasteiger partial charge in [0, 0.05) is 33.5 Å². The molecule has 6 heteroatoms. The highest BCUT2D eigenvalue weighted by molar-refractivity contribution is 9.10. The van der Waals surface area contributed by atoms with Gasteiger partial charge in [-0.1, -0.05) is 58.2 Å². The Morgan fingerprint density at radius 3 is 1.93 bits per heavy atom. The van der Waals surface area contributed by atoms with Gasteiger partial charge in [-0.3, -0.25) is 14.4 Å². The summed E-state index contributed by atoms with van der Waals surface area (Å²) in [7, 11) is 3.04. The molecule has 164 valence electrons. The Kier molecular flexibility index (Phi) is 11.5. The molecule has 2 rings (SSSR count). The van der Waals surface area contributed by atoms with Crippen LogP contribution in [0, 0.1) is 19.8 Å². The number of amides is 1. The zero-order chi connectivity index (χ0) is 22.8. The molecule has 0 N–H and O–H groups in total. The van der Waals surface area contributed by atoms with E-state index in [1.165, 1.54) is 12.2 Å². The second-order valence-corrected chi connectivity index (χ2v) is 9.33. The van der Waals surface area contributed by atoms with Crippen LogP contribution in [0.5, 0.6) is 0 Å². The van der Waals surface area contributed by atoms with Crippen LogP contribution in [-0.2, 0) is 4.84 Å². The number of benzene rings is 2. The summed E-state index contributed by atoms with van der Waals surface area (Å²) < 4.78 is 2.06. The fourth-order valence-corrected chi connectivity index (χ4v) is 3.17. The molecule has 0 unspecified atom stereocenters. The first-order valence-electron chi connectivity index (χ1n) is 9.94. The standard InChI is InChI=1S/C14H19BrO.C10H12BrNO2/c1-10(2)5-4-6-14(16)12-7-8-13(15)11(3)9-12;1-7-6-8(4-5-9(7)11)10(13)12(2)14-3/h7-10H,4-6H2,1-3H3;4-6H,1-3H3. The van der Waals surface area contributed by atoms with E-state index in [-0.39, 0.29) is 11.7 Å². The van der Waals surface area contributed by atoms with E-state index >= 15 is 0 Å². The average Bonchev–Trinajstić information content (AvgIpc) is 2.71. The van der Waals surface area contributed by atoms with Gasteiger partial charge in [0.1, 0.15) is 0 Å². The first-order chi connectivity index (χ1) is 14.1. The van der Waals surface area contributed by atoms with E-state index in [1.54, 1.807) is 13.1 Å². The van der Waals surface area contributed by atoms with Crippen molar-refractivity contribution < 1.29 is 14.4 Å².